The Kier molecular flexibility index (Phi) is 3.75. The fraction of sp³-hybridized carbons (Fsp3) is 0.538. The molecule has 0 spiro atoms. The summed E-state index contributed by atoms with van der Waals surface area (Å²) in [6.45, 7) is 1.90. The highest BCUT2D eigenvalue weighted by Crippen LogP contribution is 2.36. The molecule has 4 nitrogen and oxygen atoms in total. The molecule has 18 heavy (non-hydrogen) atoms. The second kappa shape index (κ2) is 4.99. The molecular formula is C13H18O4S. The van der Waals surface area contributed by atoms with Crippen LogP contribution in [0.3, 0.4) is 0 Å². The van der Waals surface area contributed by atoms with Crippen LogP contribution < -0.4 is 0 Å². The zero-order chi connectivity index (χ0) is 13.3. The summed E-state index contributed by atoms with van der Waals surface area (Å²) in [5.74, 6) is 0.102. The predicted molar refractivity (Wildman–Crippen MR) is 68.2 cm³/mol. The van der Waals surface area contributed by atoms with Gasteiger partial charge < -0.3 is 5.11 Å². The minimum absolute atomic E-state index is 0.00879. The lowest BCUT2D eigenvalue weighted by molar-refractivity contribution is 0.122. The highest BCUT2D eigenvalue weighted by Gasteiger charge is 2.26. The summed E-state index contributed by atoms with van der Waals surface area (Å²) in [7, 11) is -4.18. The zero-order valence-corrected chi connectivity index (χ0v) is 11.2. The molecule has 0 heterocycles. The van der Waals surface area contributed by atoms with E-state index in [2.05, 4.69) is 0 Å². The van der Waals surface area contributed by atoms with Gasteiger partial charge in [-0.3, -0.25) is 4.55 Å². The first-order chi connectivity index (χ1) is 8.38. The maximum atomic E-state index is 11.4. The molecule has 0 bridgehead atoms. The van der Waals surface area contributed by atoms with Gasteiger partial charge in [0.2, 0.25) is 0 Å². The number of hydrogen-bond donors (Lipinski definition) is 2. The molecule has 0 radical (unpaired) electrons. The average molecular weight is 270 g/mol. The molecule has 100 valence electrons. The van der Waals surface area contributed by atoms with Crippen molar-refractivity contribution >= 4 is 10.1 Å². The van der Waals surface area contributed by atoms with E-state index in [4.69, 9.17) is 0 Å². The van der Waals surface area contributed by atoms with E-state index in [1.807, 2.05) is 13.0 Å². The van der Waals surface area contributed by atoms with Gasteiger partial charge in [0.25, 0.3) is 10.1 Å². The Hall–Kier alpha value is -0.910. The molecule has 0 saturated heterocycles. The molecule has 1 aliphatic rings. The SMILES string of the molecule is Cc1ccc(S(=O)(=O)O)c(C2CCC(O)CC2)c1. The van der Waals surface area contributed by atoms with Gasteiger partial charge in [-0.15, -0.1) is 0 Å². The smallest absolute Gasteiger partial charge is 0.294 e. The Bertz CT molecular complexity index is 528. The Morgan fingerprint density at radius 3 is 2.33 bits per heavy atom. The standard InChI is InChI=1S/C13H18O4S/c1-9-2-7-13(18(15,16)17)12(8-9)10-3-5-11(14)6-4-10/h2,7-8,10-11,14H,3-6H2,1H3,(H,15,16,17). The van der Waals surface area contributed by atoms with Crippen molar-refractivity contribution < 1.29 is 18.1 Å². The van der Waals surface area contributed by atoms with Gasteiger partial charge in [-0.2, -0.15) is 8.42 Å². The quantitative estimate of drug-likeness (QED) is 0.808. The summed E-state index contributed by atoms with van der Waals surface area (Å²) in [4.78, 5) is 0.00879. The Morgan fingerprint density at radius 1 is 1.17 bits per heavy atom. The minimum Gasteiger partial charge on any atom is -0.393 e. The van der Waals surface area contributed by atoms with Crippen molar-refractivity contribution in [2.45, 2.75) is 49.5 Å². The lowest BCUT2D eigenvalue weighted by Gasteiger charge is -2.27. The van der Waals surface area contributed by atoms with E-state index in [-0.39, 0.29) is 16.9 Å². The Morgan fingerprint density at radius 2 is 1.78 bits per heavy atom. The lowest BCUT2D eigenvalue weighted by Crippen LogP contribution is -2.18. The van der Waals surface area contributed by atoms with Gasteiger partial charge in [-0.05, 0) is 50.2 Å². The van der Waals surface area contributed by atoms with Crippen molar-refractivity contribution in [3.8, 4) is 0 Å². The van der Waals surface area contributed by atoms with Gasteiger partial charge in [0, 0.05) is 0 Å². The first-order valence-corrected chi connectivity index (χ1v) is 7.58. The lowest BCUT2D eigenvalue weighted by atomic mass is 9.82. The van der Waals surface area contributed by atoms with E-state index in [1.165, 1.54) is 6.07 Å². The fourth-order valence-electron chi connectivity index (χ4n) is 2.61. The summed E-state index contributed by atoms with van der Waals surface area (Å²) in [6, 6.07) is 4.97. The summed E-state index contributed by atoms with van der Waals surface area (Å²) >= 11 is 0. The molecule has 0 unspecified atom stereocenters. The van der Waals surface area contributed by atoms with Crippen molar-refractivity contribution in [3.05, 3.63) is 29.3 Å². The van der Waals surface area contributed by atoms with E-state index >= 15 is 0 Å². The van der Waals surface area contributed by atoms with E-state index < -0.39 is 10.1 Å². The first-order valence-electron chi connectivity index (χ1n) is 6.14. The largest absolute Gasteiger partial charge is 0.393 e. The van der Waals surface area contributed by atoms with Gasteiger partial charge in [0.05, 0.1) is 11.0 Å². The second-order valence-corrected chi connectivity index (χ2v) is 6.41. The molecule has 1 aliphatic carbocycles. The predicted octanol–water partition coefficient (Wildman–Crippen LogP) is 2.26. The van der Waals surface area contributed by atoms with Crippen LogP contribution >= 0.6 is 0 Å². The maximum absolute atomic E-state index is 11.4. The molecule has 0 atom stereocenters. The van der Waals surface area contributed by atoms with Gasteiger partial charge in [-0.1, -0.05) is 17.7 Å². The number of aliphatic hydroxyl groups is 1. The zero-order valence-electron chi connectivity index (χ0n) is 10.3. The van der Waals surface area contributed by atoms with Gasteiger partial charge >= 0.3 is 0 Å². The Balaban J connectivity index is 2.40. The van der Waals surface area contributed by atoms with Gasteiger partial charge in [-0.25, -0.2) is 0 Å². The van der Waals surface area contributed by atoms with Gasteiger partial charge in [0.15, 0.2) is 0 Å². The molecule has 0 amide bonds. The van der Waals surface area contributed by atoms with Crippen molar-refractivity contribution in [1.82, 2.24) is 0 Å². The van der Waals surface area contributed by atoms with Crippen LogP contribution in [0, 0.1) is 6.92 Å². The summed E-state index contributed by atoms with van der Waals surface area (Å²) in [5, 5.41) is 9.49. The third kappa shape index (κ3) is 2.91. The molecule has 0 aromatic heterocycles. The molecule has 1 fully saturated rings. The first kappa shape index (κ1) is 13.5. The maximum Gasteiger partial charge on any atom is 0.294 e. The number of benzene rings is 1. The van der Waals surface area contributed by atoms with Gasteiger partial charge in [0.1, 0.15) is 0 Å². The molecule has 2 N–H and O–H groups in total. The molecule has 1 aromatic carbocycles. The van der Waals surface area contributed by atoms with E-state index in [0.29, 0.717) is 18.4 Å². The molecular weight excluding hydrogens is 252 g/mol. The van der Waals surface area contributed by atoms with Crippen LogP contribution in [0.4, 0.5) is 0 Å². The van der Waals surface area contributed by atoms with Crippen LogP contribution in [-0.2, 0) is 10.1 Å². The number of hydrogen-bond acceptors (Lipinski definition) is 3. The minimum atomic E-state index is -4.18. The molecule has 0 aliphatic heterocycles. The van der Waals surface area contributed by atoms with Crippen molar-refractivity contribution in [3.63, 3.8) is 0 Å². The van der Waals surface area contributed by atoms with E-state index in [9.17, 15) is 18.1 Å². The van der Waals surface area contributed by atoms with Crippen LogP contribution in [-0.4, -0.2) is 24.2 Å². The summed E-state index contributed by atoms with van der Waals surface area (Å²) in [5.41, 5.74) is 1.66. The van der Waals surface area contributed by atoms with Crippen molar-refractivity contribution in [1.29, 1.82) is 0 Å². The Labute approximate surface area is 107 Å². The van der Waals surface area contributed by atoms with Crippen molar-refractivity contribution in [2.75, 3.05) is 0 Å². The number of aryl methyl sites for hydroxylation is 1. The van der Waals surface area contributed by atoms with E-state index in [0.717, 1.165) is 18.4 Å². The van der Waals surface area contributed by atoms with Crippen molar-refractivity contribution in [2.24, 2.45) is 0 Å². The summed E-state index contributed by atoms with van der Waals surface area (Å²) < 4.78 is 32.0. The fourth-order valence-corrected chi connectivity index (χ4v) is 3.37. The highest BCUT2D eigenvalue weighted by molar-refractivity contribution is 7.85. The average Bonchev–Trinajstić information content (AvgIpc) is 2.28. The monoisotopic (exact) mass is 270 g/mol. The normalized spacial score (nSPS) is 25.1. The molecule has 5 heteroatoms. The van der Waals surface area contributed by atoms with Crippen LogP contribution in [0.15, 0.2) is 23.1 Å². The van der Waals surface area contributed by atoms with E-state index in [1.54, 1.807) is 6.07 Å². The third-order valence-corrected chi connectivity index (χ3v) is 4.51. The molecule has 2 rings (SSSR count). The van der Waals surface area contributed by atoms with Crippen LogP contribution in [0.1, 0.15) is 42.7 Å². The second-order valence-electron chi connectivity index (χ2n) is 5.02. The summed E-state index contributed by atoms with van der Waals surface area (Å²) in [6.07, 6.45) is 2.60. The van der Waals surface area contributed by atoms with Crippen LogP contribution in [0.25, 0.3) is 0 Å². The topological polar surface area (TPSA) is 74.6 Å². The molecule has 1 aromatic rings. The number of aliphatic hydroxyl groups excluding tert-OH is 1. The molecule has 1 saturated carbocycles. The third-order valence-electron chi connectivity index (χ3n) is 3.58. The van der Waals surface area contributed by atoms with Crippen LogP contribution in [0.5, 0.6) is 0 Å². The number of rotatable bonds is 2. The highest BCUT2D eigenvalue weighted by atomic mass is 32.2. The van der Waals surface area contributed by atoms with Crippen LogP contribution in [0.2, 0.25) is 0 Å².